The average molecular weight is 415 g/mol. The Hall–Kier alpha value is -3.57. The molecule has 158 valence electrons. The summed E-state index contributed by atoms with van der Waals surface area (Å²) >= 11 is 0. The van der Waals surface area contributed by atoms with Crippen molar-refractivity contribution in [2.75, 3.05) is 6.54 Å². The molecule has 5 nitrogen and oxygen atoms in total. The summed E-state index contributed by atoms with van der Waals surface area (Å²) in [6, 6.07) is 23.6. The number of aryl methyl sites for hydroxylation is 1. The number of carboxylic acid groups (broad SMARTS) is 1. The number of carboxylic acids is 1. The van der Waals surface area contributed by atoms with Crippen LogP contribution < -0.4 is 10.5 Å². The summed E-state index contributed by atoms with van der Waals surface area (Å²) in [5.41, 5.74) is 10.8. The molecule has 0 amide bonds. The van der Waals surface area contributed by atoms with E-state index in [9.17, 15) is 9.90 Å². The summed E-state index contributed by atoms with van der Waals surface area (Å²) in [5.74, 6) is 0.727. The smallest absolute Gasteiger partial charge is 0.307 e. The number of hydrogen-bond donors (Lipinski definition) is 3. The maximum Gasteiger partial charge on any atom is 0.307 e. The fourth-order valence-corrected chi connectivity index (χ4v) is 3.87. The number of nitrogens with two attached hydrogens (primary N) is 1. The van der Waals surface area contributed by atoms with Gasteiger partial charge >= 0.3 is 5.97 Å². The summed E-state index contributed by atoms with van der Waals surface area (Å²) in [5, 5.41) is 10.3. The van der Waals surface area contributed by atoms with Crippen molar-refractivity contribution in [2.45, 2.75) is 25.7 Å². The first-order valence-electron chi connectivity index (χ1n) is 10.5. The van der Waals surface area contributed by atoms with E-state index in [-0.39, 0.29) is 6.42 Å². The third kappa shape index (κ3) is 4.95. The summed E-state index contributed by atoms with van der Waals surface area (Å²) in [6.45, 7) is 0.655. The number of aliphatic carboxylic acids is 1. The first-order chi connectivity index (χ1) is 15.1. The van der Waals surface area contributed by atoms with Gasteiger partial charge in [0.1, 0.15) is 11.5 Å². The van der Waals surface area contributed by atoms with Gasteiger partial charge in [0.15, 0.2) is 0 Å². The predicted octanol–water partition coefficient (Wildman–Crippen LogP) is 5.54. The van der Waals surface area contributed by atoms with Gasteiger partial charge < -0.3 is 20.6 Å². The number of rotatable bonds is 9. The average Bonchev–Trinajstić information content (AvgIpc) is 3.12. The summed E-state index contributed by atoms with van der Waals surface area (Å²) < 4.78 is 6.02. The third-order valence-electron chi connectivity index (χ3n) is 5.31. The molecule has 4 aromatic rings. The first-order valence-corrected chi connectivity index (χ1v) is 10.5. The Morgan fingerprint density at radius 2 is 1.74 bits per heavy atom. The Bertz CT molecular complexity index is 1180. The van der Waals surface area contributed by atoms with E-state index in [2.05, 4.69) is 11.1 Å². The fraction of sp³-hybridized carbons (Fsp3) is 0.192. The second-order valence-corrected chi connectivity index (χ2v) is 7.62. The molecule has 4 rings (SSSR count). The van der Waals surface area contributed by atoms with Gasteiger partial charge in [0.05, 0.1) is 6.42 Å². The van der Waals surface area contributed by atoms with Gasteiger partial charge in [-0.05, 0) is 73.3 Å². The Balaban J connectivity index is 1.74. The molecule has 1 aromatic heterocycles. The summed E-state index contributed by atoms with van der Waals surface area (Å²) in [4.78, 5) is 14.7. The van der Waals surface area contributed by atoms with E-state index in [1.54, 1.807) is 0 Å². The monoisotopic (exact) mass is 414 g/mol. The number of aromatic nitrogens is 1. The molecular weight excluding hydrogens is 388 g/mol. The Kier molecular flexibility index (Phi) is 6.34. The maximum atomic E-state index is 11.2. The van der Waals surface area contributed by atoms with E-state index in [4.69, 9.17) is 10.5 Å². The van der Waals surface area contributed by atoms with Crippen LogP contribution in [0.1, 0.15) is 24.0 Å². The van der Waals surface area contributed by atoms with Crippen LogP contribution in [-0.2, 0) is 17.6 Å². The Labute approximate surface area is 181 Å². The van der Waals surface area contributed by atoms with E-state index >= 15 is 0 Å². The zero-order chi connectivity index (χ0) is 21.6. The minimum absolute atomic E-state index is 0.0130. The van der Waals surface area contributed by atoms with Crippen LogP contribution in [0.3, 0.4) is 0 Å². The second-order valence-electron chi connectivity index (χ2n) is 7.62. The van der Waals surface area contributed by atoms with Crippen molar-refractivity contribution in [3.63, 3.8) is 0 Å². The number of fused-ring (bicyclic) bond motifs is 1. The lowest BCUT2D eigenvalue weighted by molar-refractivity contribution is -0.136. The zero-order valence-electron chi connectivity index (χ0n) is 17.3. The van der Waals surface area contributed by atoms with Crippen molar-refractivity contribution in [3.05, 3.63) is 83.9 Å². The highest BCUT2D eigenvalue weighted by atomic mass is 16.5. The van der Waals surface area contributed by atoms with Crippen LogP contribution in [0.5, 0.6) is 11.5 Å². The van der Waals surface area contributed by atoms with Crippen molar-refractivity contribution in [1.29, 1.82) is 0 Å². The van der Waals surface area contributed by atoms with Crippen LogP contribution in [0.4, 0.5) is 0 Å². The lowest BCUT2D eigenvalue weighted by Gasteiger charge is -2.09. The number of hydrogen-bond acceptors (Lipinski definition) is 3. The number of nitrogens with one attached hydrogen (secondary N) is 1. The number of aromatic amines is 1. The maximum absolute atomic E-state index is 11.2. The van der Waals surface area contributed by atoms with Gasteiger partial charge in [0, 0.05) is 22.2 Å². The van der Waals surface area contributed by atoms with E-state index in [0.717, 1.165) is 58.5 Å². The van der Waals surface area contributed by atoms with Gasteiger partial charge in [-0.2, -0.15) is 0 Å². The zero-order valence-corrected chi connectivity index (χ0v) is 17.3. The van der Waals surface area contributed by atoms with Gasteiger partial charge in [-0.3, -0.25) is 4.79 Å². The quantitative estimate of drug-likeness (QED) is 0.314. The summed E-state index contributed by atoms with van der Waals surface area (Å²) in [7, 11) is 0. The van der Waals surface area contributed by atoms with Gasteiger partial charge in [0.25, 0.3) is 0 Å². The van der Waals surface area contributed by atoms with Crippen LogP contribution in [0.25, 0.3) is 22.2 Å². The molecule has 0 aliphatic heterocycles. The highest BCUT2D eigenvalue weighted by Gasteiger charge is 2.15. The van der Waals surface area contributed by atoms with Crippen LogP contribution in [0.2, 0.25) is 0 Å². The van der Waals surface area contributed by atoms with E-state index in [1.165, 1.54) is 5.56 Å². The molecule has 0 saturated carbocycles. The number of H-pyrrole nitrogens is 1. The topological polar surface area (TPSA) is 88.3 Å². The van der Waals surface area contributed by atoms with Crippen LogP contribution >= 0.6 is 0 Å². The first kappa shape index (κ1) is 20.7. The molecule has 1 heterocycles. The second kappa shape index (κ2) is 9.49. The molecule has 0 saturated heterocycles. The standard InChI is InChI=1S/C26H26N2O3/c27-14-5-4-11-22-23-15-18(16-25(29)30)12-13-24(23)28-26(22)19-7-6-10-21(17-19)31-20-8-2-1-3-9-20/h1-3,6-10,12-13,15,17,28H,4-5,11,14,16,27H2,(H,29,30). The van der Waals surface area contributed by atoms with E-state index in [0.29, 0.717) is 6.54 Å². The lowest BCUT2D eigenvalue weighted by atomic mass is 9.98. The van der Waals surface area contributed by atoms with Crippen molar-refractivity contribution < 1.29 is 14.6 Å². The van der Waals surface area contributed by atoms with Crippen LogP contribution in [-0.4, -0.2) is 22.6 Å². The lowest BCUT2D eigenvalue weighted by Crippen LogP contribution is -2.00. The molecule has 0 spiro atoms. The largest absolute Gasteiger partial charge is 0.481 e. The minimum atomic E-state index is -0.828. The highest BCUT2D eigenvalue weighted by molar-refractivity contribution is 5.92. The Morgan fingerprint density at radius 1 is 0.935 bits per heavy atom. The van der Waals surface area contributed by atoms with E-state index < -0.39 is 5.97 Å². The molecule has 0 fully saturated rings. The van der Waals surface area contributed by atoms with Crippen molar-refractivity contribution in [2.24, 2.45) is 5.73 Å². The van der Waals surface area contributed by atoms with Crippen molar-refractivity contribution >= 4 is 16.9 Å². The number of unbranched alkanes of at least 4 members (excludes halogenated alkanes) is 1. The van der Waals surface area contributed by atoms with Crippen molar-refractivity contribution in [3.8, 4) is 22.8 Å². The molecule has 0 aliphatic carbocycles. The van der Waals surface area contributed by atoms with Crippen LogP contribution in [0, 0.1) is 0 Å². The summed E-state index contributed by atoms with van der Waals surface area (Å²) in [6.07, 6.45) is 2.80. The van der Waals surface area contributed by atoms with E-state index in [1.807, 2.05) is 66.7 Å². The molecule has 0 aliphatic rings. The Morgan fingerprint density at radius 3 is 2.52 bits per heavy atom. The SMILES string of the molecule is NCCCCc1c(-c2cccc(Oc3ccccc3)c2)[nH]c2ccc(CC(=O)O)cc12. The number of benzene rings is 3. The third-order valence-corrected chi connectivity index (χ3v) is 5.31. The number of para-hydroxylation sites is 1. The normalized spacial score (nSPS) is 11.0. The molecule has 3 aromatic carbocycles. The van der Waals surface area contributed by atoms with Crippen molar-refractivity contribution in [1.82, 2.24) is 4.98 Å². The molecule has 4 N–H and O–H groups in total. The molecule has 31 heavy (non-hydrogen) atoms. The molecule has 0 atom stereocenters. The molecular formula is C26H26N2O3. The van der Waals surface area contributed by atoms with Gasteiger partial charge in [-0.25, -0.2) is 0 Å². The highest BCUT2D eigenvalue weighted by Crippen LogP contribution is 2.34. The molecule has 5 heteroatoms. The molecule has 0 bridgehead atoms. The fourth-order valence-electron chi connectivity index (χ4n) is 3.87. The number of carbonyl (C=O) groups is 1. The van der Waals surface area contributed by atoms with Gasteiger partial charge in [0.2, 0.25) is 0 Å². The predicted molar refractivity (Wildman–Crippen MR) is 124 cm³/mol. The number of ether oxygens (including phenoxy) is 1. The molecule has 0 unspecified atom stereocenters. The van der Waals surface area contributed by atoms with Gasteiger partial charge in [-0.15, -0.1) is 0 Å². The van der Waals surface area contributed by atoms with Gasteiger partial charge in [-0.1, -0.05) is 36.4 Å². The molecule has 0 radical (unpaired) electrons. The van der Waals surface area contributed by atoms with Crippen LogP contribution in [0.15, 0.2) is 72.8 Å². The minimum Gasteiger partial charge on any atom is -0.481 e.